The van der Waals surface area contributed by atoms with Crippen molar-refractivity contribution in [2.24, 2.45) is 5.92 Å². The Morgan fingerprint density at radius 1 is 0.975 bits per heavy atom. The Bertz CT molecular complexity index is 1290. The van der Waals surface area contributed by atoms with Gasteiger partial charge in [0.1, 0.15) is 11.5 Å². The van der Waals surface area contributed by atoms with E-state index < -0.39 is 11.6 Å². The van der Waals surface area contributed by atoms with Gasteiger partial charge in [-0.15, -0.1) is 24.8 Å². The summed E-state index contributed by atoms with van der Waals surface area (Å²) >= 11 is 3.13. The third kappa shape index (κ3) is 6.82. The molecule has 0 bridgehead atoms. The predicted octanol–water partition coefficient (Wildman–Crippen LogP) is 5.95. The van der Waals surface area contributed by atoms with Crippen molar-refractivity contribution in [1.29, 1.82) is 0 Å². The Morgan fingerprint density at radius 3 is 2.25 bits per heavy atom. The van der Waals surface area contributed by atoms with Gasteiger partial charge in [0.2, 0.25) is 5.95 Å². The van der Waals surface area contributed by atoms with E-state index in [1.165, 1.54) is 19.2 Å². The van der Waals surface area contributed by atoms with Gasteiger partial charge in [0, 0.05) is 48.2 Å². The number of nitrogens with one attached hydrogen (secondary N) is 1. The second-order valence-corrected chi connectivity index (χ2v) is 10.8. The second-order valence-electron chi connectivity index (χ2n) is 9.87. The zero-order chi connectivity index (χ0) is 26.8. The molecule has 1 unspecified atom stereocenters. The molecule has 2 aliphatic heterocycles. The molecule has 8 nitrogen and oxygen atoms in total. The van der Waals surface area contributed by atoms with Gasteiger partial charge in [0.25, 0.3) is 0 Å². The number of halogens is 5. The Hall–Kier alpha value is -2.18. The lowest BCUT2D eigenvalue weighted by Gasteiger charge is -2.42. The number of methoxy groups -OCH3 is 2. The number of anilines is 3. The van der Waals surface area contributed by atoms with E-state index in [9.17, 15) is 13.9 Å². The van der Waals surface area contributed by atoms with Gasteiger partial charge < -0.3 is 24.8 Å². The van der Waals surface area contributed by atoms with Gasteiger partial charge in [0.15, 0.2) is 23.1 Å². The summed E-state index contributed by atoms with van der Waals surface area (Å²) in [6.45, 7) is 3.75. The van der Waals surface area contributed by atoms with Gasteiger partial charge in [-0.2, -0.15) is 4.98 Å². The third-order valence-electron chi connectivity index (χ3n) is 7.51. The fourth-order valence-corrected chi connectivity index (χ4v) is 5.87. The molecule has 1 aromatic heterocycles. The van der Waals surface area contributed by atoms with Crippen LogP contribution >= 0.6 is 40.7 Å². The van der Waals surface area contributed by atoms with Gasteiger partial charge in [-0.3, -0.25) is 4.90 Å². The molecule has 220 valence electrons. The van der Waals surface area contributed by atoms with Crippen molar-refractivity contribution in [3.05, 3.63) is 40.4 Å². The molecule has 13 heteroatoms. The van der Waals surface area contributed by atoms with Crippen molar-refractivity contribution in [3.8, 4) is 11.5 Å². The molecular weight excluding hydrogens is 631 g/mol. The minimum Gasteiger partial charge on any atom is -0.493 e. The maximum Gasteiger partial charge on any atom is 0.227 e. The first-order chi connectivity index (χ1) is 18.4. The zero-order valence-electron chi connectivity index (χ0n) is 22.3. The van der Waals surface area contributed by atoms with Crippen LogP contribution in [-0.2, 0) is 0 Å². The molecular formula is C27H34BrCl2F2N5O3. The van der Waals surface area contributed by atoms with Gasteiger partial charge in [-0.25, -0.2) is 13.8 Å². The molecule has 1 atom stereocenters. The lowest BCUT2D eigenvalue weighted by Crippen LogP contribution is -2.49. The number of nitrogens with zero attached hydrogens (tertiary/aromatic N) is 4. The van der Waals surface area contributed by atoms with Crippen LogP contribution in [0, 0.1) is 17.6 Å². The van der Waals surface area contributed by atoms with Crippen molar-refractivity contribution >= 4 is 69.1 Å². The molecule has 0 spiro atoms. The first-order valence-electron chi connectivity index (χ1n) is 12.8. The molecule has 0 radical (unpaired) electrons. The minimum atomic E-state index is -0.741. The highest BCUT2D eigenvalue weighted by molar-refractivity contribution is 9.10. The molecule has 0 aliphatic carbocycles. The zero-order valence-corrected chi connectivity index (χ0v) is 25.6. The fourth-order valence-electron chi connectivity index (χ4n) is 5.47. The molecule has 2 aromatic carbocycles. The van der Waals surface area contributed by atoms with Crippen LogP contribution in [0.2, 0.25) is 0 Å². The van der Waals surface area contributed by atoms with Gasteiger partial charge in [-0.1, -0.05) is 15.9 Å². The quantitative estimate of drug-likeness (QED) is 0.321. The average Bonchev–Trinajstić information content (AvgIpc) is 2.94. The molecule has 0 saturated carbocycles. The van der Waals surface area contributed by atoms with Crippen molar-refractivity contribution in [1.82, 2.24) is 14.9 Å². The topological polar surface area (TPSA) is 83.0 Å². The summed E-state index contributed by atoms with van der Waals surface area (Å²) < 4.78 is 40.7. The van der Waals surface area contributed by atoms with Crippen molar-refractivity contribution in [3.63, 3.8) is 0 Å². The maximum atomic E-state index is 14.7. The smallest absolute Gasteiger partial charge is 0.227 e. The number of fused-ring (bicyclic) bond motifs is 1. The van der Waals surface area contributed by atoms with Crippen LogP contribution in [0.3, 0.4) is 0 Å². The molecule has 2 N–H and O–H groups in total. The van der Waals surface area contributed by atoms with E-state index >= 15 is 0 Å². The summed E-state index contributed by atoms with van der Waals surface area (Å²) in [5, 5.41) is 13.0. The number of likely N-dealkylation sites (tertiary alicyclic amines) is 1. The van der Waals surface area contributed by atoms with Gasteiger partial charge in [0.05, 0.1) is 19.7 Å². The Kier molecular flexibility index (Phi) is 11.4. The predicted molar refractivity (Wildman–Crippen MR) is 161 cm³/mol. The lowest BCUT2D eigenvalue weighted by atomic mass is 9.94. The highest BCUT2D eigenvalue weighted by Gasteiger charge is 2.30. The SMILES string of the molecule is COc1cc2nc(N3CCC(N4CCCC(CO)C4)CC3)nc(Nc3c(F)cc(Br)cc3F)c2cc1OC.Cl.Cl. The number of hydrogen-bond acceptors (Lipinski definition) is 8. The first kappa shape index (κ1) is 32.3. The lowest BCUT2D eigenvalue weighted by molar-refractivity contribution is 0.0776. The molecule has 0 amide bonds. The Balaban J connectivity index is 0.00000220. The van der Waals surface area contributed by atoms with Crippen molar-refractivity contribution in [2.75, 3.05) is 57.2 Å². The monoisotopic (exact) mass is 663 g/mol. The minimum absolute atomic E-state index is 0. The summed E-state index contributed by atoms with van der Waals surface area (Å²) in [7, 11) is 3.07. The number of benzene rings is 2. The Morgan fingerprint density at radius 2 is 1.62 bits per heavy atom. The van der Waals surface area contributed by atoms with Crippen LogP contribution in [0.4, 0.5) is 26.2 Å². The van der Waals surface area contributed by atoms with Crippen LogP contribution < -0.4 is 19.7 Å². The summed E-state index contributed by atoms with van der Waals surface area (Å²) in [6, 6.07) is 6.30. The van der Waals surface area contributed by atoms with Crippen LogP contribution in [-0.4, -0.2) is 73.0 Å². The highest BCUT2D eigenvalue weighted by atomic mass is 79.9. The number of aliphatic hydroxyl groups excluding tert-OH is 1. The number of rotatable bonds is 7. The van der Waals surface area contributed by atoms with E-state index in [1.807, 2.05) is 0 Å². The molecule has 3 heterocycles. The third-order valence-corrected chi connectivity index (χ3v) is 7.97. The normalized spacial score (nSPS) is 18.1. The fraction of sp³-hybridized carbons (Fsp3) is 0.481. The summed E-state index contributed by atoms with van der Waals surface area (Å²) in [5.74, 6) is 0.581. The Labute approximate surface area is 253 Å². The van der Waals surface area contributed by atoms with E-state index in [0.717, 1.165) is 51.9 Å². The van der Waals surface area contributed by atoms with Gasteiger partial charge >= 0.3 is 0 Å². The van der Waals surface area contributed by atoms with Crippen LogP contribution in [0.25, 0.3) is 10.9 Å². The largest absolute Gasteiger partial charge is 0.493 e. The molecule has 2 aliphatic rings. The molecule has 3 aromatic rings. The van der Waals surface area contributed by atoms with Crippen LogP contribution in [0.5, 0.6) is 11.5 Å². The van der Waals surface area contributed by atoms with E-state index in [0.29, 0.717) is 44.8 Å². The van der Waals surface area contributed by atoms with Crippen LogP contribution in [0.15, 0.2) is 28.7 Å². The van der Waals surface area contributed by atoms with E-state index in [1.54, 1.807) is 19.2 Å². The average molecular weight is 665 g/mol. The maximum absolute atomic E-state index is 14.7. The number of hydrogen-bond donors (Lipinski definition) is 2. The number of aromatic nitrogens is 2. The molecule has 5 rings (SSSR count). The first-order valence-corrected chi connectivity index (χ1v) is 13.6. The number of aliphatic hydroxyl groups is 1. The van der Waals surface area contributed by atoms with Gasteiger partial charge in [-0.05, 0) is 56.3 Å². The summed E-state index contributed by atoms with van der Waals surface area (Å²) in [4.78, 5) is 14.2. The highest BCUT2D eigenvalue weighted by Crippen LogP contribution is 2.37. The number of piperidine rings is 2. The van der Waals surface area contributed by atoms with Crippen molar-refractivity contribution in [2.45, 2.75) is 31.7 Å². The van der Waals surface area contributed by atoms with Crippen LogP contribution in [0.1, 0.15) is 25.7 Å². The summed E-state index contributed by atoms with van der Waals surface area (Å²) in [5.41, 5.74) is 0.271. The standard InChI is InChI=1S/C27H32BrF2N5O3.2ClH/c1-37-23-12-19-22(13-24(23)38-2)31-27(33-26(19)32-25-20(29)10-17(28)11-21(25)30)34-8-5-18(6-9-34)35-7-3-4-16(14-35)15-36;;/h10-13,16,18,36H,3-9,14-15H2,1-2H3,(H,31,32,33);2*1H. The second kappa shape index (κ2) is 14.1. The molecule has 2 fully saturated rings. The molecule has 2 saturated heterocycles. The van der Waals surface area contributed by atoms with Crippen molar-refractivity contribution < 1.29 is 23.4 Å². The number of ether oxygens (including phenoxy) is 2. The van der Waals surface area contributed by atoms with E-state index in [-0.39, 0.29) is 42.9 Å². The summed E-state index contributed by atoms with van der Waals surface area (Å²) in [6.07, 6.45) is 4.09. The van der Waals surface area contributed by atoms with E-state index in [4.69, 9.17) is 19.4 Å². The molecule has 40 heavy (non-hydrogen) atoms. The van der Waals surface area contributed by atoms with E-state index in [2.05, 4.69) is 31.0 Å².